The van der Waals surface area contributed by atoms with Gasteiger partial charge in [0.1, 0.15) is 18.8 Å². The Morgan fingerprint density at radius 2 is 1.98 bits per heavy atom. The quantitative estimate of drug-likeness (QED) is 0.466. The second-order valence-electron chi connectivity index (χ2n) is 9.77. The van der Waals surface area contributed by atoms with Crippen molar-refractivity contribution in [3.63, 3.8) is 0 Å². The fraction of sp³-hybridized carbons (Fsp3) is 0.333. The zero-order valence-electron chi connectivity index (χ0n) is 21.7. The van der Waals surface area contributed by atoms with Crippen molar-refractivity contribution in [2.45, 2.75) is 44.9 Å². The molecule has 1 unspecified atom stereocenters. The second kappa shape index (κ2) is 9.96. The number of nitrogens with zero attached hydrogens (tertiary/aromatic N) is 4. The van der Waals surface area contributed by atoms with Gasteiger partial charge in [-0.3, -0.25) is 4.90 Å². The van der Waals surface area contributed by atoms with E-state index in [-0.39, 0.29) is 36.1 Å². The van der Waals surface area contributed by atoms with Crippen LogP contribution in [-0.2, 0) is 25.2 Å². The minimum absolute atomic E-state index is 0.00343. The molecule has 1 aromatic heterocycles. The molecule has 3 aromatic rings. The Labute approximate surface area is 226 Å². The summed E-state index contributed by atoms with van der Waals surface area (Å²) in [6, 6.07) is 11.7. The first kappa shape index (κ1) is 27.2. The molecule has 208 valence electrons. The van der Waals surface area contributed by atoms with Crippen molar-refractivity contribution < 1.29 is 32.2 Å². The molecule has 5 rings (SSSR count). The van der Waals surface area contributed by atoms with Gasteiger partial charge in [0.2, 0.25) is 5.95 Å². The highest BCUT2D eigenvalue weighted by Crippen LogP contribution is 2.43. The monoisotopic (exact) mass is 555 g/mol. The van der Waals surface area contributed by atoms with Gasteiger partial charge in [0.25, 0.3) is 0 Å². The van der Waals surface area contributed by atoms with Crippen molar-refractivity contribution in [1.29, 1.82) is 5.26 Å². The number of ether oxygens (including phenoxy) is 3. The molecular formula is C27H24F3N5O5. The van der Waals surface area contributed by atoms with Gasteiger partial charge in [0, 0.05) is 11.4 Å². The molecule has 40 heavy (non-hydrogen) atoms. The Morgan fingerprint density at radius 3 is 2.60 bits per heavy atom. The molecule has 2 aliphatic heterocycles. The molecule has 0 aliphatic carbocycles. The molecule has 1 fully saturated rings. The number of anilines is 2. The lowest BCUT2D eigenvalue weighted by Crippen LogP contribution is -2.38. The lowest BCUT2D eigenvalue weighted by atomic mass is 9.93. The van der Waals surface area contributed by atoms with Crippen molar-refractivity contribution in [3.05, 3.63) is 87.0 Å². The highest BCUT2D eigenvalue weighted by atomic mass is 19.4. The summed E-state index contributed by atoms with van der Waals surface area (Å²) in [5.41, 5.74) is -0.568. The van der Waals surface area contributed by atoms with E-state index in [1.54, 1.807) is 26.0 Å². The van der Waals surface area contributed by atoms with Crippen molar-refractivity contribution in [2.75, 3.05) is 18.1 Å². The first-order valence-electron chi connectivity index (χ1n) is 12.2. The standard InChI is InChI=1S/C27H24F3N5O5/c1-15-21(23(36)38-13-20-14-39-26(2,3)40-20)22(17-9-7-16(12-31)8-10-17)35-24(32-33-25(35)37)34(15)19-6-4-5-18(11-19)27(28,29)30/h4-11,20,22H,13-14H2,1-3H3,(H,33,37)/t20?,22-/m1/s1. The van der Waals surface area contributed by atoms with Crippen LogP contribution in [-0.4, -0.2) is 45.8 Å². The van der Waals surface area contributed by atoms with Crippen LogP contribution in [0.4, 0.5) is 24.8 Å². The summed E-state index contributed by atoms with van der Waals surface area (Å²) in [6.07, 6.45) is -5.16. The number of hydrogen-bond donors (Lipinski definition) is 1. The van der Waals surface area contributed by atoms with Gasteiger partial charge in [-0.2, -0.15) is 18.4 Å². The normalized spacial score (nSPS) is 20.3. The van der Waals surface area contributed by atoms with Crippen molar-refractivity contribution in [1.82, 2.24) is 14.8 Å². The number of H-pyrrole nitrogens is 1. The molecular weight excluding hydrogens is 531 g/mol. The minimum atomic E-state index is -4.63. The molecule has 0 bridgehead atoms. The maximum Gasteiger partial charge on any atom is 0.416 e. The van der Waals surface area contributed by atoms with E-state index in [1.165, 1.54) is 40.7 Å². The summed E-state index contributed by atoms with van der Waals surface area (Å²) in [5, 5.41) is 15.6. The van der Waals surface area contributed by atoms with E-state index in [0.717, 1.165) is 12.1 Å². The van der Waals surface area contributed by atoms with Gasteiger partial charge in [-0.05, 0) is 56.7 Å². The summed E-state index contributed by atoms with van der Waals surface area (Å²) in [6.45, 7) is 5.02. The van der Waals surface area contributed by atoms with Crippen LogP contribution in [0, 0.1) is 11.3 Å². The third kappa shape index (κ3) is 4.99. The van der Waals surface area contributed by atoms with Gasteiger partial charge < -0.3 is 14.2 Å². The van der Waals surface area contributed by atoms with E-state index in [9.17, 15) is 28.0 Å². The Bertz CT molecular complexity index is 1580. The zero-order valence-corrected chi connectivity index (χ0v) is 21.7. The van der Waals surface area contributed by atoms with E-state index in [4.69, 9.17) is 14.2 Å². The van der Waals surface area contributed by atoms with Crippen LogP contribution in [0.15, 0.2) is 64.6 Å². The molecule has 3 heterocycles. The largest absolute Gasteiger partial charge is 0.459 e. The third-order valence-corrected chi connectivity index (χ3v) is 6.62. The lowest BCUT2D eigenvalue weighted by Gasteiger charge is -2.35. The number of halogens is 3. The lowest BCUT2D eigenvalue weighted by molar-refractivity contribution is -0.155. The molecule has 13 heteroatoms. The number of fused-ring (bicyclic) bond motifs is 1. The summed E-state index contributed by atoms with van der Waals surface area (Å²) in [5.74, 6) is -1.68. The van der Waals surface area contributed by atoms with Gasteiger partial charge in [0.15, 0.2) is 5.79 Å². The Hall–Kier alpha value is -4.41. The van der Waals surface area contributed by atoms with Crippen LogP contribution in [0.1, 0.15) is 43.5 Å². The van der Waals surface area contributed by atoms with E-state index < -0.39 is 41.3 Å². The molecule has 1 N–H and O–H groups in total. The van der Waals surface area contributed by atoms with Gasteiger partial charge in [-0.1, -0.05) is 18.2 Å². The van der Waals surface area contributed by atoms with Gasteiger partial charge in [-0.25, -0.2) is 19.3 Å². The molecule has 0 saturated carbocycles. The number of rotatable bonds is 5. The zero-order chi connectivity index (χ0) is 28.8. The predicted octanol–water partition coefficient (Wildman–Crippen LogP) is 4.17. The van der Waals surface area contributed by atoms with E-state index in [2.05, 4.69) is 10.2 Å². The minimum Gasteiger partial charge on any atom is -0.459 e. The van der Waals surface area contributed by atoms with Crippen molar-refractivity contribution >= 4 is 17.6 Å². The third-order valence-electron chi connectivity index (χ3n) is 6.62. The summed E-state index contributed by atoms with van der Waals surface area (Å²) >= 11 is 0. The van der Waals surface area contributed by atoms with Crippen LogP contribution < -0.4 is 10.6 Å². The maximum atomic E-state index is 13.7. The van der Waals surface area contributed by atoms with E-state index >= 15 is 0 Å². The average Bonchev–Trinajstić information content (AvgIpc) is 3.47. The first-order valence-corrected chi connectivity index (χ1v) is 12.2. The number of esters is 1. The van der Waals surface area contributed by atoms with E-state index in [1.807, 2.05) is 6.07 Å². The number of carbonyl (C=O) groups is 1. The van der Waals surface area contributed by atoms with Crippen LogP contribution >= 0.6 is 0 Å². The summed E-state index contributed by atoms with van der Waals surface area (Å²) in [4.78, 5) is 28.1. The molecule has 2 aliphatic rings. The number of nitrogens with one attached hydrogen (secondary N) is 1. The Balaban J connectivity index is 1.63. The second-order valence-corrected chi connectivity index (χ2v) is 9.77. The number of nitriles is 1. The molecule has 2 aromatic carbocycles. The molecule has 0 spiro atoms. The predicted molar refractivity (Wildman–Crippen MR) is 134 cm³/mol. The molecule has 0 radical (unpaired) electrons. The van der Waals surface area contributed by atoms with Crippen LogP contribution in [0.25, 0.3) is 0 Å². The molecule has 1 saturated heterocycles. The van der Waals surface area contributed by atoms with Crippen LogP contribution in [0.3, 0.4) is 0 Å². The number of carbonyl (C=O) groups excluding carboxylic acids is 1. The van der Waals surface area contributed by atoms with Gasteiger partial charge >= 0.3 is 17.8 Å². The van der Waals surface area contributed by atoms with Crippen molar-refractivity contribution in [2.24, 2.45) is 0 Å². The van der Waals surface area contributed by atoms with Gasteiger partial charge in [-0.15, -0.1) is 5.10 Å². The highest BCUT2D eigenvalue weighted by molar-refractivity contribution is 5.93. The number of aromatic nitrogens is 3. The van der Waals surface area contributed by atoms with Crippen LogP contribution in [0.5, 0.6) is 0 Å². The van der Waals surface area contributed by atoms with Crippen molar-refractivity contribution in [3.8, 4) is 6.07 Å². The smallest absolute Gasteiger partial charge is 0.416 e. The van der Waals surface area contributed by atoms with E-state index in [0.29, 0.717) is 11.1 Å². The molecule has 0 amide bonds. The Morgan fingerprint density at radius 1 is 1.25 bits per heavy atom. The highest BCUT2D eigenvalue weighted by Gasteiger charge is 2.41. The molecule has 10 nitrogen and oxygen atoms in total. The number of aromatic amines is 1. The number of benzene rings is 2. The number of hydrogen-bond acceptors (Lipinski definition) is 8. The summed E-state index contributed by atoms with van der Waals surface area (Å²) in [7, 11) is 0. The Kier molecular flexibility index (Phi) is 6.77. The first-order chi connectivity index (χ1) is 18.9. The number of alkyl halides is 3. The fourth-order valence-corrected chi connectivity index (χ4v) is 4.82. The topological polar surface area (TPSA) is 122 Å². The summed E-state index contributed by atoms with van der Waals surface area (Å²) < 4.78 is 58.7. The fourth-order valence-electron chi connectivity index (χ4n) is 4.82. The van der Waals surface area contributed by atoms with Gasteiger partial charge in [0.05, 0.1) is 29.4 Å². The maximum absolute atomic E-state index is 13.7. The van der Waals surface area contributed by atoms with Crippen LogP contribution in [0.2, 0.25) is 0 Å². The molecule has 2 atom stereocenters. The number of allylic oxidation sites excluding steroid dienone is 1. The average molecular weight is 556 g/mol. The SMILES string of the molecule is CC1=C(C(=O)OCC2COC(C)(C)O2)[C@@H](c2ccc(C#N)cc2)n2c(n[nH]c2=O)N1c1cccc(C(F)(F)F)c1.